The zero-order valence-electron chi connectivity index (χ0n) is 15.0. The van der Waals surface area contributed by atoms with Crippen LogP contribution in [0.5, 0.6) is 0 Å². The van der Waals surface area contributed by atoms with Crippen LogP contribution in [0, 0.1) is 0 Å². The van der Waals surface area contributed by atoms with Crippen molar-refractivity contribution in [3.05, 3.63) is 30.3 Å². The smallest absolute Gasteiger partial charge is 0.322 e. The number of hydrogen-bond acceptors (Lipinski definition) is 7. The first-order valence-corrected chi connectivity index (χ1v) is 10.0. The Bertz CT molecular complexity index is 895. The van der Waals surface area contributed by atoms with Crippen LogP contribution in [0.1, 0.15) is 32.1 Å². The van der Waals surface area contributed by atoms with Crippen LogP contribution in [-0.4, -0.2) is 54.4 Å². The van der Waals surface area contributed by atoms with Crippen molar-refractivity contribution in [1.82, 2.24) is 36.0 Å². The third-order valence-corrected chi connectivity index (χ3v) is 5.80. The van der Waals surface area contributed by atoms with Crippen molar-refractivity contribution in [3.8, 4) is 5.69 Å². The van der Waals surface area contributed by atoms with E-state index in [1.54, 1.807) is 0 Å². The molecule has 1 aromatic carbocycles. The highest BCUT2D eigenvalue weighted by Crippen LogP contribution is 2.33. The minimum atomic E-state index is -0.868. The summed E-state index contributed by atoms with van der Waals surface area (Å²) >= 11 is 1.11. The zero-order chi connectivity index (χ0) is 19.6. The Labute approximate surface area is 165 Å². The topological polar surface area (TPSA) is 122 Å². The number of benzene rings is 1. The average Bonchev–Trinajstić information content (AvgIpc) is 3.27. The van der Waals surface area contributed by atoms with Gasteiger partial charge in [-0.25, -0.2) is 4.79 Å². The summed E-state index contributed by atoms with van der Waals surface area (Å²) in [4.78, 5) is 37.2. The van der Waals surface area contributed by atoms with Crippen molar-refractivity contribution in [2.45, 2.75) is 42.8 Å². The van der Waals surface area contributed by atoms with Gasteiger partial charge >= 0.3 is 6.03 Å². The van der Waals surface area contributed by atoms with Gasteiger partial charge in [-0.1, -0.05) is 49.2 Å². The van der Waals surface area contributed by atoms with Gasteiger partial charge in [0.15, 0.2) is 0 Å². The molecule has 0 radical (unpaired) electrons. The van der Waals surface area contributed by atoms with E-state index in [9.17, 15) is 14.4 Å². The van der Waals surface area contributed by atoms with Gasteiger partial charge in [0, 0.05) is 0 Å². The first-order chi connectivity index (χ1) is 13.6. The Morgan fingerprint density at radius 2 is 1.93 bits per heavy atom. The molecular formula is C17H19N7O3S. The van der Waals surface area contributed by atoms with Gasteiger partial charge in [-0.2, -0.15) is 9.69 Å². The summed E-state index contributed by atoms with van der Waals surface area (Å²) < 4.78 is 1.52. The van der Waals surface area contributed by atoms with Crippen molar-refractivity contribution >= 4 is 29.6 Å². The van der Waals surface area contributed by atoms with Crippen LogP contribution in [0.3, 0.4) is 0 Å². The molecule has 4 rings (SSSR count). The fourth-order valence-electron chi connectivity index (χ4n) is 3.50. The molecule has 2 heterocycles. The van der Waals surface area contributed by atoms with Crippen molar-refractivity contribution in [2.75, 3.05) is 5.75 Å². The van der Waals surface area contributed by atoms with E-state index >= 15 is 0 Å². The molecular weight excluding hydrogens is 382 g/mol. The number of thioether (sulfide) groups is 1. The van der Waals surface area contributed by atoms with E-state index in [1.165, 1.54) is 4.68 Å². The maximum absolute atomic E-state index is 12.7. The highest BCUT2D eigenvalue weighted by atomic mass is 32.2. The molecule has 146 valence electrons. The molecule has 2 N–H and O–H groups in total. The van der Waals surface area contributed by atoms with Gasteiger partial charge in [0.2, 0.25) is 11.1 Å². The number of hydrogen-bond donors (Lipinski definition) is 2. The molecule has 10 nitrogen and oxygen atoms in total. The Kier molecular flexibility index (Phi) is 4.99. The highest BCUT2D eigenvalue weighted by Gasteiger charge is 2.52. The number of aromatic nitrogens is 4. The largest absolute Gasteiger partial charge is 0.344 e. The third kappa shape index (κ3) is 3.44. The van der Waals surface area contributed by atoms with Crippen LogP contribution in [0.25, 0.3) is 5.69 Å². The number of tetrazole rings is 1. The van der Waals surface area contributed by atoms with E-state index in [1.807, 2.05) is 30.3 Å². The number of para-hydroxylation sites is 1. The summed E-state index contributed by atoms with van der Waals surface area (Å²) in [5.41, 5.74) is 2.31. The van der Waals surface area contributed by atoms with Crippen molar-refractivity contribution < 1.29 is 14.4 Å². The highest BCUT2D eigenvalue weighted by molar-refractivity contribution is 7.99. The van der Waals surface area contributed by atoms with E-state index in [2.05, 4.69) is 26.3 Å². The molecule has 1 saturated carbocycles. The molecule has 2 aromatic rings. The molecule has 4 amide bonds. The number of urea groups is 1. The fourth-order valence-corrected chi connectivity index (χ4v) is 4.19. The molecule has 1 spiro atoms. The van der Waals surface area contributed by atoms with Gasteiger partial charge in [0.05, 0.1) is 11.4 Å². The summed E-state index contributed by atoms with van der Waals surface area (Å²) in [6.07, 6.45) is 4.01. The van der Waals surface area contributed by atoms with Gasteiger partial charge in [-0.3, -0.25) is 15.0 Å². The molecule has 2 fully saturated rings. The van der Waals surface area contributed by atoms with Crippen LogP contribution >= 0.6 is 11.8 Å². The number of nitrogens with zero attached hydrogens (tertiary/aromatic N) is 5. The minimum Gasteiger partial charge on any atom is -0.322 e. The Hall–Kier alpha value is -2.95. The molecule has 28 heavy (non-hydrogen) atoms. The monoisotopic (exact) mass is 401 g/mol. The second-order valence-corrected chi connectivity index (χ2v) is 7.69. The van der Waals surface area contributed by atoms with Gasteiger partial charge in [-0.15, -0.1) is 5.10 Å². The number of carbonyl (C=O) groups excluding carboxylic acids is 3. The molecule has 11 heteroatoms. The second-order valence-electron chi connectivity index (χ2n) is 6.75. The lowest BCUT2D eigenvalue weighted by molar-refractivity contribution is -0.139. The summed E-state index contributed by atoms with van der Waals surface area (Å²) in [6, 6.07) is 8.70. The summed E-state index contributed by atoms with van der Waals surface area (Å²) in [7, 11) is 0. The van der Waals surface area contributed by atoms with Crippen LogP contribution in [0.15, 0.2) is 35.5 Å². The zero-order valence-corrected chi connectivity index (χ0v) is 15.8. The van der Waals surface area contributed by atoms with E-state index in [-0.39, 0.29) is 11.7 Å². The molecule has 2 aliphatic rings. The quantitative estimate of drug-likeness (QED) is 0.567. The predicted octanol–water partition coefficient (Wildman–Crippen LogP) is 1.04. The summed E-state index contributed by atoms with van der Waals surface area (Å²) in [5.74, 6) is -0.911. The minimum absolute atomic E-state index is 0.0444. The van der Waals surface area contributed by atoms with E-state index in [4.69, 9.17) is 0 Å². The maximum Gasteiger partial charge on any atom is 0.344 e. The number of amides is 4. The lowest BCUT2D eigenvalue weighted by Gasteiger charge is -2.30. The van der Waals surface area contributed by atoms with Gasteiger partial charge in [-0.05, 0) is 35.4 Å². The van der Waals surface area contributed by atoms with Crippen molar-refractivity contribution in [1.29, 1.82) is 0 Å². The molecule has 0 bridgehead atoms. The molecule has 1 saturated heterocycles. The maximum atomic E-state index is 12.7. The number of imide groups is 1. The predicted molar refractivity (Wildman–Crippen MR) is 99.2 cm³/mol. The van der Waals surface area contributed by atoms with Crippen LogP contribution in [0.2, 0.25) is 0 Å². The number of carbonyl (C=O) groups is 3. The first-order valence-electron chi connectivity index (χ1n) is 9.02. The summed E-state index contributed by atoms with van der Waals surface area (Å²) in [6.45, 7) is 0. The number of rotatable bonds is 5. The third-order valence-electron chi connectivity index (χ3n) is 4.88. The van der Waals surface area contributed by atoms with Crippen LogP contribution in [-0.2, 0) is 9.59 Å². The average molecular weight is 401 g/mol. The normalized spacial score (nSPS) is 18.4. The molecule has 0 unspecified atom stereocenters. The lowest BCUT2D eigenvalue weighted by atomic mass is 9.82. The van der Waals surface area contributed by atoms with Crippen molar-refractivity contribution in [2.24, 2.45) is 0 Å². The van der Waals surface area contributed by atoms with E-state index < -0.39 is 17.5 Å². The standard InChI is InChI=1S/C17H19N7O3S/c25-13(11-28-16-19-21-22-23(16)12-7-3-1-4-8-12)20-24-14(26)17(18-15(24)27)9-5-2-6-10-17/h1,3-4,7-8H,2,5-6,9-11H2,(H,18,27)(H,20,25). The van der Waals surface area contributed by atoms with E-state index in [0.29, 0.717) is 18.0 Å². The van der Waals surface area contributed by atoms with Crippen LogP contribution < -0.4 is 10.7 Å². The van der Waals surface area contributed by atoms with Crippen LogP contribution in [0.4, 0.5) is 4.79 Å². The Balaban J connectivity index is 1.38. The lowest BCUT2D eigenvalue weighted by Crippen LogP contribution is -2.51. The van der Waals surface area contributed by atoms with Crippen molar-refractivity contribution in [3.63, 3.8) is 0 Å². The second kappa shape index (κ2) is 7.58. The SMILES string of the molecule is O=C(CSc1nnnn1-c1ccccc1)NN1C(=O)NC2(CCCCC2)C1=O. The number of nitrogens with one attached hydrogen (secondary N) is 2. The Morgan fingerprint density at radius 1 is 1.18 bits per heavy atom. The summed E-state index contributed by atoms with van der Waals surface area (Å²) in [5, 5.41) is 15.5. The van der Waals surface area contributed by atoms with Gasteiger partial charge in [0.1, 0.15) is 5.54 Å². The fraction of sp³-hybridized carbons (Fsp3) is 0.412. The molecule has 1 aromatic heterocycles. The van der Waals surface area contributed by atoms with Gasteiger partial charge in [0.25, 0.3) is 5.91 Å². The Morgan fingerprint density at radius 3 is 2.68 bits per heavy atom. The number of hydrazine groups is 1. The van der Waals surface area contributed by atoms with Gasteiger partial charge < -0.3 is 5.32 Å². The van der Waals surface area contributed by atoms with E-state index in [0.717, 1.165) is 41.7 Å². The molecule has 0 atom stereocenters. The molecule has 1 aliphatic heterocycles. The first kappa shape index (κ1) is 18.4. The molecule has 1 aliphatic carbocycles.